The molecule has 1 aromatic heterocycles. The van der Waals surface area contributed by atoms with Gasteiger partial charge in [-0.1, -0.05) is 6.92 Å². The van der Waals surface area contributed by atoms with Crippen LogP contribution in [0, 0.1) is 12.7 Å². The van der Waals surface area contributed by atoms with Crippen LogP contribution in [0.15, 0.2) is 18.2 Å². The first-order valence-corrected chi connectivity index (χ1v) is 6.09. The fourth-order valence-corrected chi connectivity index (χ4v) is 1.69. The van der Waals surface area contributed by atoms with Crippen LogP contribution in [0.25, 0.3) is 0 Å². The van der Waals surface area contributed by atoms with Crippen LogP contribution < -0.4 is 5.32 Å². The van der Waals surface area contributed by atoms with Gasteiger partial charge in [0.15, 0.2) is 0 Å². The molecule has 2 N–H and O–H groups in total. The second kappa shape index (κ2) is 5.60. The zero-order valence-electron chi connectivity index (χ0n) is 10.8. The van der Waals surface area contributed by atoms with E-state index in [0.717, 1.165) is 12.8 Å². The summed E-state index contributed by atoms with van der Waals surface area (Å²) in [6, 6.07) is 4.17. The molecule has 0 saturated carbocycles. The molecule has 0 spiro atoms. The molecule has 2 aromatic rings. The lowest BCUT2D eigenvalue weighted by molar-refractivity contribution is 0.101. The highest BCUT2D eigenvalue weighted by Crippen LogP contribution is 2.16. The summed E-state index contributed by atoms with van der Waals surface area (Å²) in [6.45, 7) is 3.74. The molecule has 0 radical (unpaired) electrons. The number of nitrogens with one attached hydrogen (secondary N) is 2. The predicted octanol–water partition coefficient (Wildman–Crippen LogP) is 2.46. The Morgan fingerprint density at radius 3 is 2.95 bits per heavy atom. The first-order chi connectivity index (χ1) is 9.10. The third-order valence-corrected chi connectivity index (χ3v) is 2.66. The van der Waals surface area contributed by atoms with E-state index >= 15 is 0 Å². The van der Waals surface area contributed by atoms with E-state index in [1.54, 1.807) is 6.92 Å². The van der Waals surface area contributed by atoms with Crippen LogP contribution >= 0.6 is 0 Å². The summed E-state index contributed by atoms with van der Waals surface area (Å²) < 4.78 is 13.0. The van der Waals surface area contributed by atoms with Crippen molar-refractivity contribution in [3.8, 4) is 0 Å². The number of hydrogen-bond donors (Lipinski definition) is 2. The number of hydrogen-bond acceptors (Lipinski definition) is 3. The summed E-state index contributed by atoms with van der Waals surface area (Å²) in [4.78, 5) is 16.0. The first kappa shape index (κ1) is 13.2. The third-order valence-electron chi connectivity index (χ3n) is 2.66. The Balaban J connectivity index is 2.11. The van der Waals surface area contributed by atoms with Gasteiger partial charge in [-0.25, -0.2) is 9.37 Å². The molecule has 0 aliphatic carbocycles. The molecule has 0 saturated heterocycles. The van der Waals surface area contributed by atoms with Crippen LogP contribution in [-0.4, -0.2) is 21.1 Å². The summed E-state index contributed by atoms with van der Waals surface area (Å²) in [7, 11) is 0. The monoisotopic (exact) mass is 262 g/mol. The van der Waals surface area contributed by atoms with Crippen molar-refractivity contribution in [3.63, 3.8) is 0 Å². The lowest BCUT2D eigenvalue weighted by Gasteiger charge is -2.06. The molecule has 0 aliphatic rings. The number of carbonyl (C=O) groups is 1. The molecular weight excluding hydrogens is 247 g/mol. The van der Waals surface area contributed by atoms with Crippen molar-refractivity contribution < 1.29 is 9.18 Å². The zero-order chi connectivity index (χ0) is 13.8. The number of H-pyrrole nitrogens is 1. The van der Waals surface area contributed by atoms with E-state index in [4.69, 9.17) is 0 Å². The minimum absolute atomic E-state index is 0.0900. The molecule has 0 unspecified atom stereocenters. The number of nitrogens with zero attached hydrogens (tertiary/aromatic N) is 2. The van der Waals surface area contributed by atoms with Gasteiger partial charge >= 0.3 is 0 Å². The molecule has 0 aliphatic heterocycles. The van der Waals surface area contributed by atoms with Crippen LogP contribution in [-0.2, 0) is 6.42 Å². The van der Waals surface area contributed by atoms with Crippen LogP contribution in [0.5, 0.6) is 0 Å². The Hall–Kier alpha value is -2.24. The normalized spacial score (nSPS) is 10.5. The molecule has 0 fully saturated rings. The van der Waals surface area contributed by atoms with E-state index in [1.807, 2.05) is 6.92 Å². The van der Waals surface area contributed by atoms with Crippen molar-refractivity contribution >= 4 is 11.6 Å². The van der Waals surface area contributed by atoms with Crippen molar-refractivity contribution in [1.29, 1.82) is 0 Å². The Labute approximate surface area is 110 Å². The summed E-state index contributed by atoms with van der Waals surface area (Å²) in [5, 5.41) is 9.23. The highest BCUT2D eigenvalue weighted by Gasteiger charge is 2.13. The van der Waals surface area contributed by atoms with Gasteiger partial charge in [-0.3, -0.25) is 9.89 Å². The number of aromatic nitrogens is 3. The van der Waals surface area contributed by atoms with E-state index in [1.165, 1.54) is 18.2 Å². The minimum atomic E-state index is -0.409. The SMILES string of the molecule is CCCc1nc(C(=O)Nc2ccc(F)cc2C)n[nH]1. The molecule has 1 aromatic carbocycles. The number of halogens is 1. The van der Waals surface area contributed by atoms with Crippen LogP contribution in [0.2, 0.25) is 0 Å². The highest BCUT2D eigenvalue weighted by atomic mass is 19.1. The second-order valence-corrected chi connectivity index (χ2v) is 4.27. The molecule has 100 valence electrons. The number of carbonyl (C=O) groups excluding carboxylic acids is 1. The maximum Gasteiger partial charge on any atom is 0.295 e. The van der Waals surface area contributed by atoms with E-state index in [0.29, 0.717) is 17.1 Å². The third kappa shape index (κ3) is 3.15. The van der Waals surface area contributed by atoms with E-state index in [9.17, 15) is 9.18 Å². The number of rotatable bonds is 4. The van der Waals surface area contributed by atoms with Crippen molar-refractivity contribution in [1.82, 2.24) is 15.2 Å². The largest absolute Gasteiger partial charge is 0.319 e. The molecule has 0 bridgehead atoms. The number of aryl methyl sites for hydroxylation is 2. The number of amides is 1. The van der Waals surface area contributed by atoms with Crippen LogP contribution in [0.1, 0.15) is 35.4 Å². The quantitative estimate of drug-likeness (QED) is 0.889. The van der Waals surface area contributed by atoms with Gasteiger partial charge in [0.1, 0.15) is 11.6 Å². The van der Waals surface area contributed by atoms with Gasteiger partial charge in [-0.05, 0) is 37.1 Å². The lowest BCUT2D eigenvalue weighted by Crippen LogP contribution is -2.14. The van der Waals surface area contributed by atoms with Gasteiger partial charge in [-0.2, -0.15) is 0 Å². The van der Waals surface area contributed by atoms with Gasteiger partial charge in [0, 0.05) is 12.1 Å². The van der Waals surface area contributed by atoms with E-state index in [2.05, 4.69) is 20.5 Å². The number of aromatic amines is 1. The predicted molar refractivity (Wildman–Crippen MR) is 69.5 cm³/mol. The second-order valence-electron chi connectivity index (χ2n) is 4.27. The maximum absolute atomic E-state index is 13.0. The molecule has 1 amide bonds. The Morgan fingerprint density at radius 2 is 2.26 bits per heavy atom. The molecule has 5 nitrogen and oxygen atoms in total. The molecule has 2 rings (SSSR count). The number of benzene rings is 1. The summed E-state index contributed by atoms with van der Waals surface area (Å²) in [5.41, 5.74) is 1.20. The molecule has 19 heavy (non-hydrogen) atoms. The average molecular weight is 262 g/mol. The highest BCUT2D eigenvalue weighted by molar-refractivity contribution is 6.01. The average Bonchev–Trinajstić information content (AvgIpc) is 2.82. The molecule has 0 atom stereocenters. The summed E-state index contributed by atoms with van der Waals surface area (Å²) in [6.07, 6.45) is 1.67. The topological polar surface area (TPSA) is 70.7 Å². The molecular formula is C13H15FN4O. The van der Waals surface area contributed by atoms with Gasteiger partial charge in [0.05, 0.1) is 0 Å². The van der Waals surface area contributed by atoms with Crippen molar-refractivity contribution in [2.24, 2.45) is 0 Å². The molecule has 1 heterocycles. The first-order valence-electron chi connectivity index (χ1n) is 6.09. The summed E-state index contributed by atoms with van der Waals surface area (Å²) >= 11 is 0. The van der Waals surface area contributed by atoms with Gasteiger partial charge in [0.2, 0.25) is 5.82 Å². The van der Waals surface area contributed by atoms with Crippen LogP contribution in [0.3, 0.4) is 0 Å². The van der Waals surface area contributed by atoms with Crippen molar-refractivity contribution in [2.75, 3.05) is 5.32 Å². The Morgan fingerprint density at radius 1 is 1.47 bits per heavy atom. The minimum Gasteiger partial charge on any atom is -0.319 e. The van der Waals surface area contributed by atoms with Gasteiger partial charge < -0.3 is 5.32 Å². The van der Waals surface area contributed by atoms with E-state index in [-0.39, 0.29) is 11.6 Å². The Kier molecular flexibility index (Phi) is 3.89. The van der Waals surface area contributed by atoms with Crippen molar-refractivity contribution in [2.45, 2.75) is 26.7 Å². The Bertz CT molecular complexity index is 594. The fraction of sp³-hybridized carbons (Fsp3) is 0.308. The maximum atomic E-state index is 13.0. The lowest BCUT2D eigenvalue weighted by atomic mass is 10.2. The van der Waals surface area contributed by atoms with Gasteiger partial charge in [0.25, 0.3) is 5.91 Å². The standard InChI is InChI=1S/C13H15FN4O/c1-3-4-11-16-12(18-17-11)13(19)15-10-6-5-9(14)7-8(10)2/h5-7H,3-4H2,1-2H3,(H,15,19)(H,16,17,18). The zero-order valence-corrected chi connectivity index (χ0v) is 10.8. The fourth-order valence-electron chi connectivity index (χ4n) is 1.69. The number of anilines is 1. The van der Waals surface area contributed by atoms with Crippen molar-refractivity contribution in [3.05, 3.63) is 41.2 Å². The smallest absolute Gasteiger partial charge is 0.295 e. The van der Waals surface area contributed by atoms with Gasteiger partial charge in [-0.15, -0.1) is 5.10 Å². The van der Waals surface area contributed by atoms with Crippen LogP contribution in [0.4, 0.5) is 10.1 Å². The van der Waals surface area contributed by atoms with E-state index < -0.39 is 5.91 Å². The summed E-state index contributed by atoms with van der Waals surface area (Å²) in [5.74, 6) is 0.0302. The molecule has 6 heteroatoms.